The van der Waals surface area contributed by atoms with Gasteiger partial charge in [-0.3, -0.25) is 19.9 Å². The number of aromatic nitrogens is 4. The molecule has 8 heteroatoms. The van der Waals surface area contributed by atoms with Crippen LogP contribution in [0.2, 0.25) is 0 Å². The second kappa shape index (κ2) is 7.99. The summed E-state index contributed by atoms with van der Waals surface area (Å²) in [5, 5.41) is 2.84. The first-order valence-corrected chi connectivity index (χ1v) is 9.79. The Kier molecular flexibility index (Phi) is 4.87. The molecule has 158 valence electrons. The molecule has 0 radical (unpaired) electrons. The predicted molar refractivity (Wildman–Crippen MR) is 122 cm³/mol. The van der Waals surface area contributed by atoms with Crippen molar-refractivity contribution in [3.8, 4) is 34.3 Å². The Labute approximate surface area is 183 Å². The summed E-state index contributed by atoms with van der Waals surface area (Å²) in [5.74, 6) is 2.27. The molecule has 0 bridgehead atoms. The van der Waals surface area contributed by atoms with Crippen LogP contribution in [0.25, 0.3) is 32.9 Å². The third-order valence-corrected chi connectivity index (χ3v) is 5.12. The fourth-order valence-corrected chi connectivity index (χ4v) is 3.51. The number of nitrogen functional groups attached to an aromatic ring is 1. The van der Waals surface area contributed by atoms with Gasteiger partial charge in [0, 0.05) is 47.2 Å². The van der Waals surface area contributed by atoms with Crippen LogP contribution in [-0.4, -0.2) is 34.2 Å². The van der Waals surface area contributed by atoms with E-state index in [0.29, 0.717) is 28.7 Å². The number of fused-ring (bicyclic) bond motifs is 3. The zero-order valence-electron chi connectivity index (χ0n) is 17.4. The van der Waals surface area contributed by atoms with Crippen molar-refractivity contribution < 1.29 is 14.2 Å². The average molecular weight is 425 g/mol. The third kappa shape index (κ3) is 3.47. The van der Waals surface area contributed by atoms with Gasteiger partial charge in [0.15, 0.2) is 17.2 Å². The molecule has 0 aliphatic carbocycles. The van der Waals surface area contributed by atoms with Gasteiger partial charge in [0.25, 0.3) is 0 Å². The summed E-state index contributed by atoms with van der Waals surface area (Å²) in [5.41, 5.74) is 8.80. The van der Waals surface area contributed by atoms with Gasteiger partial charge >= 0.3 is 0 Å². The number of anilines is 1. The lowest BCUT2D eigenvalue weighted by Crippen LogP contribution is -1.94. The highest BCUT2D eigenvalue weighted by molar-refractivity contribution is 6.07. The SMILES string of the molecule is COc1cc2ncc3cnc(-c4cncc(Oc5cnccc5N)c4)cc3c2cc1OC. The fraction of sp³-hybridized carbons (Fsp3) is 0.0833. The Morgan fingerprint density at radius 1 is 0.750 bits per heavy atom. The van der Waals surface area contributed by atoms with Crippen molar-refractivity contribution in [2.45, 2.75) is 0 Å². The van der Waals surface area contributed by atoms with Gasteiger partial charge in [-0.25, -0.2) is 0 Å². The van der Waals surface area contributed by atoms with E-state index in [1.165, 1.54) is 0 Å². The number of nitrogens with zero attached hydrogens (tertiary/aromatic N) is 4. The minimum atomic E-state index is 0.469. The molecule has 0 atom stereocenters. The summed E-state index contributed by atoms with van der Waals surface area (Å²) in [6, 6.07) is 9.34. The molecule has 32 heavy (non-hydrogen) atoms. The number of hydrogen-bond acceptors (Lipinski definition) is 8. The summed E-state index contributed by atoms with van der Waals surface area (Å²) in [6.45, 7) is 0. The first-order chi connectivity index (χ1) is 15.7. The molecule has 0 aliphatic rings. The lowest BCUT2D eigenvalue weighted by Gasteiger charge is -2.11. The van der Waals surface area contributed by atoms with E-state index in [-0.39, 0.29) is 0 Å². The van der Waals surface area contributed by atoms with Gasteiger partial charge < -0.3 is 19.9 Å². The Hall–Kier alpha value is -4.46. The van der Waals surface area contributed by atoms with E-state index in [1.807, 2.05) is 24.3 Å². The molecule has 0 unspecified atom stereocenters. The molecule has 5 rings (SSSR count). The van der Waals surface area contributed by atoms with Gasteiger partial charge in [0.2, 0.25) is 0 Å². The molecule has 4 heterocycles. The standard InChI is InChI=1S/C24H19N5O3/c1-30-22-7-18-17-6-20(28-10-15(17)11-29-21(18)8-23(22)31-2)14-5-16(12-27-9-14)32-24-13-26-4-3-19(24)25/h3-13H,1-2H3,(H2,25,26). The van der Waals surface area contributed by atoms with Crippen LogP contribution >= 0.6 is 0 Å². The summed E-state index contributed by atoms with van der Waals surface area (Å²) < 4.78 is 16.8. The molecule has 0 amide bonds. The van der Waals surface area contributed by atoms with Crippen molar-refractivity contribution >= 4 is 27.4 Å². The lowest BCUT2D eigenvalue weighted by atomic mass is 10.0. The summed E-state index contributed by atoms with van der Waals surface area (Å²) in [6.07, 6.45) is 10.1. The molecular weight excluding hydrogens is 406 g/mol. The smallest absolute Gasteiger partial charge is 0.168 e. The fourth-order valence-electron chi connectivity index (χ4n) is 3.51. The molecule has 0 spiro atoms. The van der Waals surface area contributed by atoms with Gasteiger partial charge in [-0.15, -0.1) is 0 Å². The Morgan fingerprint density at radius 2 is 1.56 bits per heavy atom. The highest BCUT2D eigenvalue weighted by Crippen LogP contribution is 2.36. The van der Waals surface area contributed by atoms with E-state index in [1.54, 1.807) is 57.5 Å². The van der Waals surface area contributed by atoms with Crippen molar-refractivity contribution in [2.24, 2.45) is 0 Å². The van der Waals surface area contributed by atoms with Crippen molar-refractivity contribution in [2.75, 3.05) is 20.0 Å². The second-order valence-electron chi connectivity index (χ2n) is 7.06. The Morgan fingerprint density at radius 3 is 2.38 bits per heavy atom. The van der Waals surface area contributed by atoms with Crippen LogP contribution in [0.1, 0.15) is 0 Å². The first kappa shape index (κ1) is 19.5. The van der Waals surface area contributed by atoms with Crippen LogP contribution < -0.4 is 19.9 Å². The molecule has 0 fully saturated rings. The van der Waals surface area contributed by atoms with E-state index >= 15 is 0 Å². The molecule has 0 aliphatic heterocycles. The number of pyridine rings is 4. The maximum absolute atomic E-state index is 5.95. The van der Waals surface area contributed by atoms with E-state index in [4.69, 9.17) is 19.9 Å². The number of hydrogen-bond donors (Lipinski definition) is 1. The molecule has 0 saturated heterocycles. The van der Waals surface area contributed by atoms with Crippen LogP contribution in [0.5, 0.6) is 23.0 Å². The maximum atomic E-state index is 5.95. The van der Waals surface area contributed by atoms with E-state index in [0.717, 1.165) is 32.9 Å². The molecule has 5 aromatic rings. The number of ether oxygens (including phenoxy) is 3. The second-order valence-corrected chi connectivity index (χ2v) is 7.06. The number of benzene rings is 1. The molecule has 1 aromatic carbocycles. The summed E-state index contributed by atoms with van der Waals surface area (Å²) >= 11 is 0. The van der Waals surface area contributed by atoms with Gasteiger partial charge in [0.1, 0.15) is 5.75 Å². The monoisotopic (exact) mass is 425 g/mol. The zero-order chi connectivity index (χ0) is 22.1. The number of methoxy groups -OCH3 is 2. The normalized spacial score (nSPS) is 10.9. The van der Waals surface area contributed by atoms with Crippen LogP contribution in [0.4, 0.5) is 5.69 Å². The average Bonchev–Trinajstić information content (AvgIpc) is 2.84. The maximum Gasteiger partial charge on any atom is 0.168 e. The van der Waals surface area contributed by atoms with E-state index < -0.39 is 0 Å². The van der Waals surface area contributed by atoms with Crippen LogP contribution in [0.15, 0.2) is 67.5 Å². The quantitative estimate of drug-likeness (QED) is 0.406. The number of rotatable bonds is 5. The highest BCUT2D eigenvalue weighted by atomic mass is 16.5. The molecule has 2 N–H and O–H groups in total. The minimum Gasteiger partial charge on any atom is -0.493 e. The Bertz CT molecular complexity index is 1460. The topological polar surface area (TPSA) is 105 Å². The van der Waals surface area contributed by atoms with Crippen molar-refractivity contribution in [1.29, 1.82) is 0 Å². The van der Waals surface area contributed by atoms with Crippen molar-refractivity contribution in [3.05, 3.63) is 67.5 Å². The zero-order valence-corrected chi connectivity index (χ0v) is 17.4. The minimum absolute atomic E-state index is 0.469. The number of nitrogens with two attached hydrogens (primary N) is 1. The summed E-state index contributed by atoms with van der Waals surface area (Å²) in [4.78, 5) is 17.5. The molecule has 4 aromatic heterocycles. The van der Waals surface area contributed by atoms with E-state index in [9.17, 15) is 0 Å². The van der Waals surface area contributed by atoms with E-state index in [2.05, 4.69) is 19.9 Å². The summed E-state index contributed by atoms with van der Waals surface area (Å²) in [7, 11) is 3.22. The van der Waals surface area contributed by atoms with Gasteiger partial charge in [0.05, 0.1) is 43.5 Å². The van der Waals surface area contributed by atoms with Crippen LogP contribution in [-0.2, 0) is 0 Å². The highest BCUT2D eigenvalue weighted by Gasteiger charge is 2.12. The lowest BCUT2D eigenvalue weighted by molar-refractivity contribution is 0.356. The molecule has 0 saturated carbocycles. The Balaban J connectivity index is 1.60. The predicted octanol–water partition coefficient (Wildman–Crippen LogP) is 4.63. The third-order valence-electron chi connectivity index (χ3n) is 5.12. The van der Waals surface area contributed by atoms with Crippen molar-refractivity contribution in [3.63, 3.8) is 0 Å². The van der Waals surface area contributed by atoms with Gasteiger partial charge in [-0.1, -0.05) is 0 Å². The van der Waals surface area contributed by atoms with Crippen molar-refractivity contribution in [1.82, 2.24) is 19.9 Å². The van der Waals surface area contributed by atoms with Crippen LogP contribution in [0.3, 0.4) is 0 Å². The largest absolute Gasteiger partial charge is 0.493 e. The first-order valence-electron chi connectivity index (χ1n) is 9.79. The molecular formula is C24H19N5O3. The van der Waals surface area contributed by atoms with Gasteiger partial charge in [-0.05, 0) is 29.7 Å². The molecule has 8 nitrogen and oxygen atoms in total. The van der Waals surface area contributed by atoms with Gasteiger partial charge in [-0.2, -0.15) is 0 Å². The van der Waals surface area contributed by atoms with Crippen LogP contribution in [0, 0.1) is 0 Å².